The molecular formula is C13H20N2O4. The molecule has 0 fully saturated rings. The minimum absolute atomic E-state index is 0.110. The maximum atomic E-state index is 12.0. The largest absolute Gasteiger partial charge is 0.480 e. The van der Waals surface area contributed by atoms with Gasteiger partial charge in [0.25, 0.3) is 0 Å². The van der Waals surface area contributed by atoms with Crippen molar-refractivity contribution in [2.45, 2.75) is 33.7 Å². The van der Waals surface area contributed by atoms with E-state index in [1.54, 1.807) is 20.8 Å². The molecule has 0 saturated heterocycles. The molecule has 6 heteroatoms. The van der Waals surface area contributed by atoms with Crippen LogP contribution in [-0.2, 0) is 14.4 Å². The van der Waals surface area contributed by atoms with E-state index in [-0.39, 0.29) is 12.5 Å². The van der Waals surface area contributed by atoms with Crippen LogP contribution in [0.3, 0.4) is 0 Å². The molecule has 0 aromatic rings. The van der Waals surface area contributed by atoms with E-state index in [9.17, 15) is 14.4 Å². The fourth-order valence-corrected chi connectivity index (χ4v) is 1.23. The van der Waals surface area contributed by atoms with Gasteiger partial charge in [-0.1, -0.05) is 26.7 Å². The Morgan fingerprint density at radius 3 is 2.26 bits per heavy atom. The first kappa shape index (κ1) is 17.0. The topological polar surface area (TPSA) is 86.7 Å². The predicted molar refractivity (Wildman–Crippen MR) is 70.1 cm³/mol. The molecule has 2 amide bonds. The van der Waals surface area contributed by atoms with Gasteiger partial charge in [0.1, 0.15) is 12.6 Å². The number of nitrogens with one attached hydrogen (secondary N) is 1. The number of terminal acetylenes is 1. The quantitative estimate of drug-likeness (QED) is 0.691. The van der Waals surface area contributed by atoms with Crippen LogP contribution in [0.15, 0.2) is 0 Å². The van der Waals surface area contributed by atoms with Crippen LogP contribution in [-0.4, -0.2) is 46.9 Å². The Bertz CT molecular complexity index is 404. The molecule has 0 rings (SSSR count). The summed E-state index contributed by atoms with van der Waals surface area (Å²) in [4.78, 5) is 35.4. The van der Waals surface area contributed by atoms with Crippen LogP contribution >= 0.6 is 0 Å². The summed E-state index contributed by atoms with van der Waals surface area (Å²) >= 11 is 0. The average Bonchev–Trinajstić information content (AvgIpc) is 2.25. The molecule has 0 aliphatic heterocycles. The van der Waals surface area contributed by atoms with Gasteiger partial charge in [0.05, 0.1) is 6.54 Å². The highest BCUT2D eigenvalue weighted by Gasteiger charge is 2.27. The Labute approximate surface area is 113 Å². The first-order valence-corrected chi connectivity index (χ1v) is 5.84. The van der Waals surface area contributed by atoms with Crippen LogP contribution in [0.5, 0.6) is 0 Å². The van der Waals surface area contributed by atoms with E-state index in [2.05, 4.69) is 11.2 Å². The second kappa shape index (κ2) is 6.78. The van der Waals surface area contributed by atoms with E-state index in [1.807, 2.05) is 0 Å². The fourth-order valence-electron chi connectivity index (χ4n) is 1.23. The molecule has 106 valence electrons. The zero-order valence-electron chi connectivity index (χ0n) is 11.7. The van der Waals surface area contributed by atoms with Crippen LogP contribution in [0.25, 0.3) is 0 Å². The number of hydrogen-bond donors (Lipinski definition) is 2. The minimum Gasteiger partial charge on any atom is -0.480 e. The van der Waals surface area contributed by atoms with E-state index in [1.165, 1.54) is 6.92 Å². The minimum atomic E-state index is -1.15. The highest BCUT2D eigenvalue weighted by molar-refractivity contribution is 5.90. The molecule has 0 aromatic heterocycles. The van der Waals surface area contributed by atoms with Gasteiger partial charge in [-0.15, -0.1) is 6.42 Å². The van der Waals surface area contributed by atoms with Gasteiger partial charge in [-0.05, 0) is 6.92 Å². The van der Waals surface area contributed by atoms with Crippen LogP contribution in [0, 0.1) is 17.8 Å². The molecule has 0 aliphatic carbocycles. The molecule has 2 N–H and O–H groups in total. The number of carboxylic acid groups (broad SMARTS) is 1. The zero-order chi connectivity index (χ0) is 15.2. The lowest BCUT2D eigenvalue weighted by Gasteiger charge is -2.25. The molecule has 0 aliphatic rings. The van der Waals surface area contributed by atoms with Crippen molar-refractivity contribution in [3.63, 3.8) is 0 Å². The van der Waals surface area contributed by atoms with E-state index in [4.69, 9.17) is 11.5 Å². The van der Waals surface area contributed by atoms with Crippen molar-refractivity contribution >= 4 is 17.8 Å². The van der Waals surface area contributed by atoms with Gasteiger partial charge in [-0.2, -0.15) is 0 Å². The van der Waals surface area contributed by atoms with Gasteiger partial charge >= 0.3 is 5.97 Å². The third kappa shape index (κ3) is 5.91. The summed E-state index contributed by atoms with van der Waals surface area (Å²) < 4.78 is 0. The third-order valence-electron chi connectivity index (χ3n) is 2.32. The number of carbonyl (C=O) groups is 3. The van der Waals surface area contributed by atoms with Crippen molar-refractivity contribution in [1.82, 2.24) is 10.2 Å². The van der Waals surface area contributed by atoms with Crippen molar-refractivity contribution in [3.8, 4) is 12.3 Å². The van der Waals surface area contributed by atoms with Crippen molar-refractivity contribution in [1.29, 1.82) is 0 Å². The van der Waals surface area contributed by atoms with Gasteiger partial charge in [0.15, 0.2) is 0 Å². The summed E-state index contributed by atoms with van der Waals surface area (Å²) in [6.45, 7) is 6.05. The van der Waals surface area contributed by atoms with E-state index < -0.39 is 29.9 Å². The standard InChI is InChI=1S/C13H20N2O4/c1-6-7-15(8-10(16)17)11(18)9(2)14-12(19)13(3,4)5/h1,9H,7-8H2,2-5H3,(H,14,19)(H,16,17). The first-order chi connectivity index (χ1) is 8.59. The molecule has 0 bridgehead atoms. The summed E-state index contributed by atoms with van der Waals surface area (Å²) in [6.07, 6.45) is 5.09. The van der Waals surface area contributed by atoms with Crippen LogP contribution < -0.4 is 5.32 Å². The molecule has 1 unspecified atom stereocenters. The number of aliphatic carboxylic acids is 1. The first-order valence-electron chi connectivity index (χ1n) is 5.84. The second-order valence-electron chi connectivity index (χ2n) is 5.24. The number of rotatable bonds is 5. The summed E-state index contributed by atoms with van der Waals surface area (Å²) in [5.41, 5.74) is -0.627. The number of carboxylic acids is 1. The summed E-state index contributed by atoms with van der Waals surface area (Å²) in [7, 11) is 0. The highest BCUT2D eigenvalue weighted by Crippen LogP contribution is 2.13. The summed E-state index contributed by atoms with van der Waals surface area (Å²) in [5, 5.41) is 11.2. The van der Waals surface area contributed by atoms with Crippen molar-refractivity contribution in [3.05, 3.63) is 0 Å². The number of nitrogens with zero attached hydrogens (tertiary/aromatic N) is 1. The number of carbonyl (C=O) groups excluding carboxylic acids is 2. The van der Waals surface area contributed by atoms with E-state index >= 15 is 0 Å². The predicted octanol–water partition coefficient (Wildman–Crippen LogP) is 0.0836. The summed E-state index contributed by atoms with van der Waals surface area (Å²) in [6, 6.07) is -0.820. The van der Waals surface area contributed by atoms with Crippen LogP contribution in [0.1, 0.15) is 27.7 Å². The lowest BCUT2D eigenvalue weighted by molar-refractivity contribution is -0.145. The van der Waals surface area contributed by atoms with Gasteiger partial charge in [0.2, 0.25) is 11.8 Å². The average molecular weight is 268 g/mol. The zero-order valence-corrected chi connectivity index (χ0v) is 11.7. The lowest BCUT2D eigenvalue weighted by Crippen LogP contribution is -2.50. The maximum Gasteiger partial charge on any atom is 0.323 e. The number of hydrogen-bond acceptors (Lipinski definition) is 3. The van der Waals surface area contributed by atoms with Crippen LogP contribution in [0.4, 0.5) is 0 Å². The normalized spacial score (nSPS) is 12.2. The Kier molecular flexibility index (Phi) is 6.06. The van der Waals surface area contributed by atoms with E-state index in [0.29, 0.717) is 0 Å². The van der Waals surface area contributed by atoms with E-state index in [0.717, 1.165) is 4.90 Å². The molecule has 6 nitrogen and oxygen atoms in total. The van der Waals surface area contributed by atoms with Crippen LogP contribution in [0.2, 0.25) is 0 Å². The Morgan fingerprint density at radius 1 is 1.37 bits per heavy atom. The monoisotopic (exact) mass is 268 g/mol. The molecule has 0 spiro atoms. The number of amides is 2. The van der Waals surface area contributed by atoms with Gasteiger partial charge in [-0.25, -0.2) is 0 Å². The molecule has 0 radical (unpaired) electrons. The molecular weight excluding hydrogens is 248 g/mol. The highest BCUT2D eigenvalue weighted by atomic mass is 16.4. The smallest absolute Gasteiger partial charge is 0.323 e. The Morgan fingerprint density at radius 2 is 1.89 bits per heavy atom. The van der Waals surface area contributed by atoms with Gasteiger partial charge < -0.3 is 15.3 Å². The van der Waals surface area contributed by atoms with Gasteiger partial charge in [-0.3, -0.25) is 14.4 Å². The summed E-state index contributed by atoms with van der Waals surface area (Å²) in [5.74, 6) is 0.263. The van der Waals surface area contributed by atoms with Crippen molar-refractivity contribution in [2.75, 3.05) is 13.1 Å². The molecule has 19 heavy (non-hydrogen) atoms. The third-order valence-corrected chi connectivity index (χ3v) is 2.32. The van der Waals surface area contributed by atoms with Crippen molar-refractivity contribution < 1.29 is 19.5 Å². The Hall–Kier alpha value is -2.03. The maximum absolute atomic E-state index is 12.0. The molecule has 0 saturated carbocycles. The molecule has 0 aromatic carbocycles. The van der Waals surface area contributed by atoms with Gasteiger partial charge in [0, 0.05) is 5.41 Å². The van der Waals surface area contributed by atoms with Crippen molar-refractivity contribution in [2.24, 2.45) is 5.41 Å². The molecule has 0 heterocycles. The molecule has 1 atom stereocenters. The Balaban J connectivity index is 4.73. The lowest BCUT2D eigenvalue weighted by atomic mass is 9.95. The fraction of sp³-hybridized carbons (Fsp3) is 0.615. The SMILES string of the molecule is C#CCN(CC(=O)O)C(=O)C(C)NC(=O)C(C)(C)C. The second-order valence-corrected chi connectivity index (χ2v) is 5.24.